The lowest BCUT2D eigenvalue weighted by Gasteiger charge is -2.14. The van der Waals surface area contributed by atoms with Crippen LogP contribution in [0.5, 0.6) is 5.75 Å². The fourth-order valence-corrected chi connectivity index (χ4v) is 2.66. The smallest absolute Gasteiger partial charge is 0.143 e. The van der Waals surface area contributed by atoms with Gasteiger partial charge in [0.25, 0.3) is 0 Å². The molecule has 1 aromatic heterocycles. The van der Waals surface area contributed by atoms with Gasteiger partial charge in [0.15, 0.2) is 0 Å². The number of hydrogen-bond acceptors (Lipinski definition) is 5. The van der Waals surface area contributed by atoms with Gasteiger partial charge in [-0.3, -0.25) is 0 Å². The fraction of sp³-hybridized carbons (Fsp3) is 0.357. The maximum atomic E-state index is 5.80. The fourth-order valence-electron chi connectivity index (χ4n) is 1.80. The highest BCUT2D eigenvalue weighted by Crippen LogP contribution is 2.28. The van der Waals surface area contributed by atoms with E-state index < -0.39 is 0 Å². The van der Waals surface area contributed by atoms with Gasteiger partial charge in [0.2, 0.25) is 0 Å². The van der Waals surface area contributed by atoms with Crippen molar-refractivity contribution in [1.29, 1.82) is 0 Å². The lowest BCUT2D eigenvalue weighted by Crippen LogP contribution is -2.06. The van der Waals surface area contributed by atoms with Gasteiger partial charge >= 0.3 is 0 Å². The van der Waals surface area contributed by atoms with Crippen LogP contribution in [0.4, 0.5) is 11.4 Å². The molecule has 0 aliphatic heterocycles. The summed E-state index contributed by atoms with van der Waals surface area (Å²) in [6, 6.07) is 5.86. The summed E-state index contributed by atoms with van der Waals surface area (Å²) in [5, 5.41) is 4.50. The topological polar surface area (TPSA) is 60.2 Å². The van der Waals surface area contributed by atoms with E-state index in [0.29, 0.717) is 11.4 Å². The number of nitrogens with two attached hydrogens (primary N) is 1. The minimum Gasteiger partial charge on any atom is -0.495 e. The third-order valence-electron chi connectivity index (χ3n) is 2.91. The van der Waals surface area contributed by atoms with E-state index in [0.717, 1.165) is 17.1 Å². The third kappa shape index (κ3) is 3.17. The lowest BCUT2D eigenvalue weighted by molar-refractivity contribution is 0.417. The monoisotopic (exact) mass is 277 g/mol. The van der Waals surface area contributed by atoms with E-state index in [1.807, 2.05) is 24.4 Å². The molecule has 5 heteroatoms. The number of aromatic nitrogens is 1. The van der Waals surface area contributed by atoms with Crippen molar-refractivity contribution in [2.75, 3.05) is 18.2 Å². The summed E-state index contributed by atoms with van der Waals surface area (Å²) in [4.78, 5) is 5.75. The molecule has 0 aliphatic carbocycles. The van der Waals surface area contributed by atoms with E-state index in [2.05, 4.69) is 24.1 Å². The first-order valence-electron chi connectivity index (χ1n) is 6.28. The molecule has 1 heterocycles. The second-order valence-corrected chi connectivity index (χ2v) is 5.49. The Balaban J connectivity index is 2.11. The van der Waals surface area contributed by atoms with Crippen LogP contribution in [-0.4, -0.2) is 12.1 Å². The number of rotatable bonds is 5. The van der Waals surface area contributed by atoms with E-state index in [1.165, 1.54) is 4.88 Å². The third-order valence-corrected chi connectivity index (χ3v) is 4.23. The molecule has 0 amide bonds. The van der Waals surface area contributed by atoms with Gasteiger partial charge in [-0.05, 0) is 25.5 Å². The number of anilines is 2. The van der Waals surface area contributed by atoms with Gasteiger partial charge in [0, 0.05) is 22.8 Å². The number of nitrogens with zero attached hydrogens (tertiary/aromatic N) is 1. The van der Waals surface area contributed by atoms with Crippen molar-refractivity contribution in [2.45, 2.75) is 26.3 Å². The summed E-state index contributed by atoms with van der Waals surface area (Å²) in [5.41, 5.74) is 7.42. The van der Waals surface area contributed by atoms with Gasteiger partial charge in [-0.25, -0.2) is 4.98 Å². The van der Waals surface area contributed by atoms with Gasteiger partial charge in [0.05, 0.1) is 18.8 Å². The van der Waals surface area contributed by atoms with Gasteiger partial charge in [-0.15, -0.1) is 11.3 Å². The Hall–Kier alpha value is -1.75. The predicted octanol–water partition coefficient (Wildman–Crippen LogP) is 3.47. The molecule has 102 valence electrons. The zero-order valence-corrected chi connectivity index (χ0v) is 12.3. The van der Waals surface area contributed by atoms with E-state index in [-0.39, 0.29) is 6.04 Å². The zero-order chi connectivity index (χ0) is 13.8. The van der Waals surface area contributed by atoms with E-state index in [1.54, 1.807) is 18.4 Å². The molecule has 2 aromatic rings. The van der Waals surface area contributed by atoms with Crippen molar-refractivity contribution in [1.82, 2.24) is 4.98 Å². The molecule has 0 aliphatic rings. The number of ether oxygens (including phenoxy) is 1. The van der Waals surface area contributed by atoms with Crippen LogP contribution in [0.15, 0.2) is 24.4 Å². The Kier molecular flexibility index (Phi) is 4.27. The molecule has 1 atom stereocenters. The van der Waals surface area contributed by atoms with Crippen molar-refractivity contribution in [3.05, 3.63) is 34.3 Å². The van der Waals surface area contributed by atoms with Crippen molar-refractivity contribution in [3.8, 4) is 5.75 Å². The average Bonchev–Trinajstić information content (AvgIpc) is 2.90. The highest BCUT2D eigenvalue weighted by atomic mass is 32.1. The molecule has 0 saturated heterocycles. The molecule has 4 nitrogen and oxygen atoms in total. The first-order chi connectivity index (χ1) is 9.13. The molecule has 0 fully saturated rings. The van der Waals surface area contributed by atoms with Crippen molar-refractivity contribution < 1.29 is 4.74 Å². The zero-order valence-electron chi connectivity index (χ0n) is 11.4. The maximum Gasteiger partial charge on any atom is 0.143 e. The molecule has 0 spiro atoms. The standard InChI is InChI=1S/C14H19N3OS/c1-4-11-8-16-14(19-11)9(2)17-10-5-6-12(15)13(7-10)18-3/h5-9,17H,4,15H2,1-3H3. The Bertz CT molecular complexity index is 553. The molecular formula is C14H19N3OS. The highest BCUT2D eigenvalue weighted by Gasteiger charge is 2.11. The summed E-state index contributed by atoms with van der Waals surface area (Å²) >= 11 is 1.74. The molecule has 1 aromatic carbocycles. The Morgan fingerprint density at radius 1 is 1.47 bits per heavy atom. The van der Waals surface area contributed by atoms with Crippen molar-refractivity contribution in [2.24, 2.45) is 0 Å². The quantitative estimate of drug-likeness (QED) is 0.822. The van der Waals surface area contributed by atoms with E-state index in [4.69, 9.17) is 10.5 Å². The minimum atomic E-state index is 0.165. The van der Waals surface area contributed by atoms with Crippen molar-refractivity contribution >= 4 is 22.7 Å². The molecule has 3 N–H and O–H groups in total. The van der Waals surface area contributed by atoms with Crippen LogP contribution in [0, 0.1) is 0 Å². The number of benzene rings is 1. The first-order valence-corrected chi connectivity index (χ1v) is 7.10. The summed E-state index contributed by atoms with van der Waals surface area (Å²) in [6.07, 6.45) is 2.97. The largest absolute Gasteiger partial charge is 0.495 e. The summed E-state index contributed by atoms with van der Waals surface area (Å²) in [7, 11) is 1.62. The Labute approximate surface area is 117 Å². The Morgan fingerprint density at radius 2 is 2.26 bits per heavy atom. The molecule has 2 rings (SSSR count). The van der Waals surface area contributed by atoms with E-state index >= 15 is 0 Å². The SMILES string of the molecule is CCc1cnc(C(C)Nc2ccc(N)c(OC)c2)s1. The predicted molar refractivity (Wildman–Crippen MR) is 80.9 cm³/mol. The number of thiazole rings is 1. The molecule has 0 bridgehead atoms. The van der Waals surface area contributed by atoms with Crippen LogP contribution in [0.25, 0.3) is 0 Å². The van der Waals surface area contributed by atoms with Gasteiger partial charge in [-0.2, -0.15) is 0 Å². The molecule has 1 unspecified atom stereocenters. The lowest BCUT2D eigenvalue weighted by atomic mass is 10.2. The normalized spacial score (nSPS) is 12.2. The minimum absolute atomic E-state index is 0.165. The van der Waals surface area contributed by atoms with E-state index in [9.17, 15) is 0 Å². The molecular weight excluding hydrogens is 258 g/mol. The number of nitrogen functional groups attached to an aromatic ring is 1. The molecule has 0 radical (unpaired) electrons. The summed E-state index contributed by atoms with van der Waals surface area (Å²) in [6.45, 7) is 4.24. The van der Waals surface area contributed by atoms with Crippen LogP contribution >= 0.6 is 11.3 Å². The number of nitrogens with one attached hydrogen (secondary N) is 1. The average molecular weight is 277 g/mol. The second-order valence-electron chi connectivity index (χ2n) is 4.34. The molecule has 19 heavy (non-hydrogen) atoms. The number of hydrogen-bond donors (Lipinski definition) is 2. The maximum absolute atomic E-state index is 5.80. The van der Waals surface area contributed by atoms with Gasteiger partial charge in [0.1, 0.15) is 10.8 Å². The molecule has 0 saturated carbocycles. The van der Waals surface area contributed by atoms with Crippen molar-refractivity contribution in [3.63, 3.8) is 0 Å². The van der Waals surface area contributed by atoms with Crippen LogP contribution < -0.4 is 15.8 Å². The van der Waals surface area contributed by atoms with Crippen LogP contribution in [0.1, 0.15) is 29.8 Å². The second kappa shape index (κ2) is 5.93. The summed E-state index contributed by atoms with van der Waals surface area (Å²) < 4.78 is 5.22. The highest BCUT2D eigenvalue weighted by molar-refractivity contribution is 7.11. The Morgan fingerprint density at radius 3 is 2.89 bits per heavy atom. The number of aryl methyl sites for hydroxylation is 1. The number of methoxy groups -OCH3 is 1. The van der Waals surface area contributed by atoms with Crippen LogP contribution in [0.2, 0.25) is 0 Å². The summed E-state index contributed by atoms with van der Waals surface area (Å²) in [5.74, 6) is 0.686. The van der Waals surface area contributed by atoms with Crippen LogP contribution in [0.3, 0.4) is 0 Å². The van der Waals surface area contributed by atoms with Crippen LogP contribution in [-0.2, 0) is 6.42 Å². The van der Waals surface area contributed by atoms with Gasteiger partial charge < -0.3 is 15.8 Å². The first kappa shape index (κ1) is 13.7. The van der Waals surface area contributed by atoms with Gasteiger partial charge in [-0.1, -0.05) is 6.92 Å².